The number of nitro benzene ring substituents is 1. The summed E-state index contributed by atoms with van der Waals surface area (Å²) in [5, 5.41) is 13.5. The van der Waals surface area contributed by atoms with Gasteiger partial charge in [-0.05, 0) is 37.3 Å². The van der Waals surface area contributed by atoms with Crippen LogP contribution >= 0.6 is 11.6 Å². The van der Waals surface area contributed by atoms with Crippen molar-refractivity contribution in [2.45, 2.75) is 6.92 Å². The molecule has 138 valence electrons. The van der Waals surface area contributed by atoms with Crippen LogP contribution in [0.4, 0.5) is 17.1 Å². The van der Waals surface area contributed by atoms with E-state index in [4.69, 9.17) is 16.3 Å². The highest BCUT2D eigenvalue weighted by atomic mass is 35.5. The van der Waals surface area contributed by atoms with Crippen molar-refractivity contribution >= 4 is 40.5 Å². The number of anilines is 2. The minimum Gasteiger partial charge on any atom is -0.494 e. The minimum atomic E-state index is -0.754. The monoisotopic (exact) mass is 387 g/mol. The lowest BCUT2D eigenvalue weighted by atomic mass is 10.2. The van der Waals surface area contributed by atoms with Gasteiger partial charge in [0.1, 0.15) is 16.5 Å². The van der Waals surface area contributed by atoms with Crippen LogP contribution in [0.1, 0.15) is 6.92 Å². The Morgan fingerprint density at radius 1 is 1.15 bits per heavy atom. The van der Waals surface area contributed by atoms with Crippen LogP contribution in [-0.2, 0) is 9.59 Å². The molecule has 0 unspecified atom stereocenters. The summed E-state index contributed by atoms with van der Waals surface area (Å²) >= 11 is 6.05. The molecule has 0 saturated carbocycles. The number of nitro groups is 1. The van der Waals surface area contributed by atoms with Crippen LogP contribution in [0.25, 0.3) is 0 Å². The molecule has 2 aromatic rings. The first-order valence-corrected chi connectivity index (χ1v) is 8.33. The zero-order chi connectivity index (χ0) is 19.6. The number of halogens is 1. The maximum Gasteiger partial charge on any atom is 0.283 e. The van der Waals surface area contributed by atoms with E-state index in [0.717, 1.165) is 11.0 Å². The predicted molar refractivity (Wildman–Crippen MR) is 99.7 cm³/mol. The summed E-state index contributed by atoms with van der Waals surface area (Å²) in [6, 6.07) is 12.0. The molecule has 0 bridgehead atoms. The van der Waals surface area contributed by atoms with Crippen LogP contribution in [0.2, 0.25) is 0 Å². The topological polar surface area (TPSA) is 102 Å². The highest BCUT2D eigenvalue weighted by molar-refractivity contribution is 6.53. The molecular formula is C18H14ClN3O5. The smallest absolute Gasteiger partial charge is 0.283 e. The molecule has 0 fully saturated rings. The first-order valence-electron chi connectivity index (χ1n) is 7.95. The van der Waals surface area contributed by atoms with Gasteiger partial charge in [-0.3, -0.25) is 19.7 Å². The summed E-state index contributed by atoms with van der Waals surface area (Å²) in [6.07, 6.45) is 0. The van der Waals surface area contributed by atoms with Gasteiger partial charge in [0.25, 0.3) is 17.5 Å². The first kappa shape index (κ1) is 18.4. The van der Waals surface area contributed by atoms with E-state index in [0.29, 0.717) is 18.0 Å². The molecule has 1 aliphatic heterocycles. The molecule has 1 aliphatic rings. The molecule has 27 heavy (non-hydrogen) atoms. The van der Waals surface area contributed by atoms with Gasteiger partial charge in [-0.25, -0.2) is 4.90 Å². The summed E-state index contributed by atoms with van der Waals surface area (Å²) in [5.74, 6) is -0.787. The summed E-state index contributed by atoms with van der Waals surface area (Å²) in [4.78, 5) is 36.2. The molecule has 2 amide bonds. The Morgan fingerprint density at radius 2 is 1.85 bits per heavy atom. The van der Waals surface area contributed by atoms with E-state index in [9.17, 15) is 19.7 Å². The Labute approximate surface area is 159 Å². The number of rotatable bonds is 6. The number of hydrogen-bond donors (Lipinski definition) is 1. The largest absolute Gasteiger partial charge is 0.494 e. The standard InChI is InChI=1S/C18H14ClN3O5/c1-2-27-14-8-6-11(7-9-14)20-16-15(19)17(23)21(18(16)24)12-4-3-5-13(10-12)22(25)26/h3-10,20H,2H2,1H3. The van der Waals surface area contributed by atoms with Crippen molar-refractivity contribution in [3.63, 3.8) is 0 Å². The summed E-state index contributed by atoms with van der Waals surface area (Å²) in [5.41, 5.74) is 0.268. The number of non-ortho nitro benzene ring substituents is 1. The second-order valence-corrected chi connectivity index (χ2v) is 5.87. The maximum absolute atomic E-state index is 12.7. The Balaban J connectivity index is 1.86. The van der Waals surface area contributed by atoms with Crippen LogP contribution in [0.5, 0.6) is 5.75 Å². The maximum atomic E-state index is 12.7. The van der Waals surface area contributed by atoms with E-state index in [-0.39, 0.29) is 22.1 Å². The van der Waals surface area contributed by atoms with E-state index in [1.807, 2.05) is 6.92 Å². The molecule has 8 nitrogen and oxygen atoms in total. The molecule has 3 rings (SSSR count). The fourth-order valence-corrected chi connectivity index (χ4v) is 2.75. The SMILES string of the molecule is CCOc1ccc(NC2=C(Cl)C(=O)N(c3cccc([N+](=O)[O-])c3)C2=O)cc1. The predicted octanol–water partition coefficient (Wildman–Crippen LogP) is 3.43. The third-order valence-electron chi connectivity index (χ3n) is 3.76. The fraction of sp³-hybridized carbons (Fsp3) is 0.111. The van der Waals surface area contributed by atoms with Gasteiger partial charge < -0.3 is 10.1 Å². The van der Waals surface area contributed by atoms with Crippen LogP contribution in [0.3, 0.4) is 0 Å². The van der Waals surface area contributed by atoms with Gasteiger partial charge in [-0.15, -0.1) is 0 Å². The van der Waals surface area contributed by atoms with Crippen molar-refractivity contribution in [1.29, 1.82) is 0 Å². The van der Waals surface area contributed by atoms with E-state index in [1.54, 1.807) is 24.3 Å². The van der Waals surface area contributed by atoms with Gasteiger partial charge in [0.2, 0.25) is 0 Å². The van der Waals surface area contributed by atoms with E-state index < -0.39 is 16.7 Å². The van der Waals surface area contributed by atoms with Crippen LogP contribution in [-0.4, -0.2) is 23.3 Å². The average Bonchev–Trinajstić information content (AvgIpc) is 2.87. The van der Waals surface area contributed by atoms with Crippen molar-refractivity contribution < 1.29 is 19.2 Å². The normalized spacial score (nSPS) is 13.9. The number of benzene rings is 2. The molecule has 0 radical (unpaired) electrons. The Bertz CT molecular complexity index is 956. The van der Waals surface area contributed by atoms with Crippen LogP contribution in [0.15, 0.2) is 59.3 Å². The number of imide groups is 1. The first-order chi connectivity index (χ1) is 12.9. The third kappa shape index (κ3) is 3.61. The second kappa shape index (κ2) is 7.46. The van der Waals surface area contributed by atoms with Crippen LogP contribution < -0.4 is 15.0 Å². The van der Waals surface area contributed by atoms with Crippen LogP contribution in [0, 0.1) is 10.1 Å². The molecular weight excluding hydrogens is 374 g/mol. The van der Waals surface area contributed by atoms with Crippen molar-refractivity contribution in [1.82, 2.24) is 0 Å². The number of carbonyl (C=O) groups is 2. The fourth-order valence-electron chi connectivity index (χ4n) is 2.54. The van der Waals surface area contributed by atoms with Gasteiger partial charge in [0.15, 0.2) is 0 Å². The van der Waals surface area contributed by atoms with Crippen molar-refractivity contribution in [2.75, 3.05) is 16.8 Å². The zero-order valence-corrected chi connectivity index (χ0v) is 14.9. The number of nitrogens with zero attached hydrogens (tertiary/aromatic N) is 2. The van der Waals surface area contributed by atoms with E-state index in [1.165, 1.54) is 18.2 Å². The van der Waals surface area contributed by atoms with E-state index >= 15 is 0 Å². The molecule has 0 saturated heterocycles. The quantitative estimate of drug-likeness (QED) is 0.463. The number of hydrogen-bond acceptors (Lipinski definition) is 6. The number of nitrogens with one attached hydrogen (secondary N) is 1. The highest BCUT2D eigenvalue weighted by Gasteiger charge is 2.39. The molecule has 0 aromatic heterocycles. The number of amides is 2. The molecule has 0 aliphatic carbocycles. The minimum absolute atomic E-state index is 0.0702. The Hall–Kier alpha value is -3.39. The lowest BCUT2D eigenvalue weighted by Crippen LogP contribution is -2.32. The van der Waals surface area contributed by atoms with Gasteiger partial charge in [0, 0.05) is 17.8 Å². The zero-order valence-electron chi connectivity index (χ0n) is 14.1. The Morgan fingerprint density at radius 3 is 2.48 bits per heavy atom. The second-order valence-electron chi connectivity index (χ2n) is 5.49. The van der Waals surface area contributed by atoms with Gasteiger partial charge in [-0.1, -0.05) is 17.7 Å². The molecule has 2 aromatic carbocycles. The van der Waals surface area contributed by atoms with E-state index in [2.05, 4.69) is 5.32 Å². The summed E-state index contributed by atoms with van der Waals surface area (Å²) in [7, 11) is 0. The average molecular weight is 388 g/mol. The van der Waals surface area contributed by atoms with Gasteiger partial charge in [0.05, 0.1) is 17.2 Å². The lowest BCUT2D eigenvalue weighted by molar-refractivity contribution is -0.384. The molecule has 0 atom stereocenters. The van der Waals surface area contributed by atoms with Crippen molar-refractivity contribution in [2.24, 2.45) is 0 Å². The highest BCUT2D eigenvalue weighted by Crippen LogP contribution is 2.32. The molecule has 1 heterocycles. The third-order valence-corrected chi connectivity index (χ3v) is 4.11. The van der Waals surface area contributed by atoms with Gasteiger partial charge >= 0.3 is 0 Å². The summed E-state index contributed by atoms with van der Waals surface area (Å²) < 4.78 is 5.35. The van der Waals surface area contributed by atoms with Crippen molar-refractivity contribution in [3.8, 4) is 5.75 Å². The van der Waals surface area contributed by atoms with Gasteiger partial charge in [-0.2, -0.15) is 0 Å². The molecule has 9 heteroatoms. The molecule has 0 spiro atoms. The lowest BCUT2D eigenvalue weighted by Gasteiger charge is -2.15. The number of carbonyl (C=O) groups excluding carboxylic acids is 2. The summed E-state index contributed by atoms with van der Waals surface area (Å²) in [6.45, 7) is 2.39. The number of ether oxygens (including phenoxy) is 1. The Kier molecular flexibility index (Phi) is 5.09. The van der Waals surface area contributed by atoms with Crippen molar-refractivity contribution in [3.05, 3.63) is 69.4 Å². The molecule has 1 N–H and O–H groups in total.